The molecule has 3 amide bonds. The highest BCUT2D eigenvalue weighted by atomic mass is 16.2. The maximum absolute atomic E-state index is 12.8. The highest BCUT2D eigenvalue weighted by Gasteiger charge is 2.39. The monoisotopic (exact) mass is 434 g/mol. The van der Waals surface area contributed by atoms with E-state index in [4.69, 9.17) is 0 Å². The molecule has 4 heterocycles. The van der Waals surface area contributed by atoms with Crippen LogP contribution >= 0.6 is 0 Å². The van der Waals surface area contributed by atoms with E-state index in [0.29, 0.717) is 31.0 Å². The number of nitrogens with one attached hydrogen (secondary N) is 3. The molecule has 2 aromatic rings. The number of imide groups is 1. The van der Waals surface area contributed by atoms with Crippen molar-refractivity contribution in [3.05, 3.63) is 52.8 Å². The number of aromatic nitrogens is 2. The Balaban J connectivity index is 1.25. The average Bonchev–Trinajstić information content (AvgIpc) is 3.14. The number of rotatable bonds is 5. The summed E-state index contributed by atoms with van der Waals surface area (Å²) in [6.07, 6.45) is 5.88. The molecule has 9 nitrogen and oxygen atoms in total. The van der Waals surface area contributed by atoms with E-state index in [1.54, 1.807) is 11.1 Å². The fourth-order valence-corrected chi connectivity index (χ4v) is 4.68. The molecule has 2 unspecified atom stereocenters. The molecule has 32 heavy (non-hydrogen) atoms. The molecular weight excluding hydrogens is 408 g/mol. The van der Waals surface area contributed by atoms with Crippen molar-refractivity contribution in [3.8, 4) is 0 Å². The Morgan fingerprint density at radius 3 is 2.84 bits per heavy atom. The second kappa shape index (κ2) is 8.66. The van der Waals surface area contributed by atoms with Crippen LogP contribution in [0.5, 0.6) is 0 Å². The van der Waals surface area contributed by atoms with Gasteiger partial charge >= 0.3 is 0 Å². The summed E-state index contributed by atoms with van der Waals surface area (Å²) >= 11 is 0. The van der Waals surface area contributed by atoms with Crippen LogP contribution in [-0.2, 0) is 22.7 Å². The Labute approximate surface area is 186 Å². The molecule has 1 aromatic heterocycles. The minimum Gasteiger partial charge on any atom is -0.350 e. The lowest BCUT2D eigenvalue weighted by Crippen LogP contribution is -2.52. The van der Waals surface area contributed by atoms with Crippen LogP contribution in [-0.4, -0.2) is 45.2 Å². The lowest BCUT2D eigenvalue weighted by molar-refractivity contribution is -0.136. The van der Waals surface area contributed by atoms with E-state index in [2.05, 4.69) is 25.9 Å². The Morgan fingerprint density at radius 1 is 1.12 bits per heavy atom. The quantitative estimate of drug-likeness (QED) is 0.613. The maximum atomic E-state index is 12.8. The predicted molar refractivity (Wildman–Crippen MR) is 116 cm³/mol. The number of piperidine rings is 2. The van der Waals surface area contributed by atoms with Crippen LogP contribution in [0.15, 0.2) is 30.5 Å². The van der Waals surface area contributed by atoms with Gasteiger partial charge in [-0.05, 0) is 49.1 Å². The SMILES string of the molecule is O=C1CCC(N2Cc3cc(CNc4nccc(C5CCCCN5)n4)ccc3C2=O)C(=O)N1. The first-order chi connectivity index (χ1) is 15.6. The zero-order chi connectivity index (χ0) is 22.1. The summed E-state index contributed by atoms with van der Waals surface area (Å²) in [5, 5.41) is 9.11. The summed E-state index contributed by atoms with van der Waals surface area (Å²) in [7, 11) is 0. The normalized spacial score (nSPS) is 23.1. The summed E-state index contributed by atoms with van der Waals surface area (Å²) in [5.74, 6) is -0.259. The predicted octanol–water partition coefficient (Wildman–Crippen LogP) is 1.66. The Bertz CT molecular complexity index is 1070. The fraction of sp³-hybridized carbons (Fsp3) is 0.435. The van der Waals surface area contributed by atoms with Crippen molar-refractivity contribution in [3.63, 3.8) is 0 Å². The number of fused-ring (bicyclic) bond motifs is 1. The van der Waals surface area contributed by atoms with Crippen LogP contribution in [0.3, 0.4) is 0 Å². The van der Waals surface area contributed by atoms with E-state index in [1.807, 2.05) is 24.3 Å². The minimum atomic E-state index is -0.598. The average molecular weight is 435 g/mol. The molecule has 5 rings (SSSR count). The summed E-state index contributed by atoms with van der Waals surface area (Å²) in [6.45, 7) is 1.91. The molecule has 3 aliphatic heterocycles. The van der Waals surface area contributed by atoms with E-state index in [1.165, 1.54) is 12.8 Å². The number of benzene rings is 1. The molecule has 0 radical (unpaired) electrons. The van der Waals surface area contributed by atoms with Crippen molar-refractivity contribution in [1.29, 1.82) is 0 Å². The Morgan fingerprint density at radius 2 is 2.03 bits per heavy atom. The number of hydrogen-bond acceptors (Lipinski definition) is 7. The molecule has 0 aliphatic carbocycles. The topological polar surface area (TPSA) is 116 Å². The van der Waals surface area contributed by atoms with Crippen molar-refractivity contribution >= 4 is 23.7 Å². The highest BCUT2D eigenvalue weighted by Crippen LogP contribution is 2.28. The summed E-state index contributed by atoms with van der Waals surface area (Å²) in [5.41, 5.74) is 3.51. The summed E-state index contributed by atoms with van der Waals surface area (Å²) < 4.78 is 0. The molecular formula is C23H26N6O3. The third kappa shape index (κ3) is 4.08. The van der Waals surface area contributed by atoms with Crippen molar-refractivity contribution in [2.24, 2.45) is 0 Å². The van der Waals surface area contributed by atoms with Crippen LogP contribution < -0.4 is 16.0 Å². The first kappa shape index (κ1) is 20.6. The zero-order valence-electron chi connectivity index (χ0n) is 17.8. The van der Waals surface area contributed by atoms with E-state index in [9.17, 15) is 14.4 Å². The van der Waals surface area contributed by atoms with Gasteiger partial charge in [0.2, 0.25) is 17.8 Å². The van der Waals surface area contributed by atoms with Crippen molar-refractivity contribution in [2.45, 2.75) is 57.3 Å². The Hall–Kier alpha value is -3.33. The van der Waals surface area contributed by atoms with Gasteiger partial charge in [-0.1, -0.05) is 18.6 Å². The maximum Gasteiger partial charge on any atom is 0.255 e. The standard InChI is InChI=1S/C23H26N6O3/c30-20-7-6-19(21(31)28-20)29-13-15-11-14(4-5-16(15)22(29)32)12-26-23-25-10-8-18(27-23)17-3-1-2-9-24-17/h4-5,8,10-11,17,19,24H,1-3,6-7,9,12-13H2,(H,25,26,27)(H,28,30,31). The van der Waals surface area contributed by atoms with E-state index < -0.39 is 11.9 Å². The van der Waals surface area contributed by atoms with Crippen molar-refractivity contribution < 1.29 is 14.4 Å². The van der Waals surface area contributed by atoms with Gasteiger partial charge in [-0.3, -0.25) is 19.7 Å². The molecule has 0 saturated carbocycles. The minimum absolute atomic E-state index is 0.162. The van der Waals surface area contributed by atoms with Crippen molar-refractivity contribution in [1.82, 2.24) is 25.5 Å². The van der Waals surface area contributed by atoms with Crippen LogP contribution in [0.1, 0.15) is 65.3 Å². The summed E-state index contributed by atoms with van der Waals surface area (Å²) in [6, 6.07) is 7.33. The van der Waals surface area contributed by atoms with E-state index in [0.717, 1.165) is 29.8 Å². The van der Waals surface area contributed by atoms with Gasteiger partial charge in [-0.15, -0.1) is 0 Å². The molecule has 2 atom stereocenters. The van der Waals surface area contributed by atoms with Gasteiger partial charge in [-0.2, -0.15) is 0 Å². The second-order valence-electron chi connectivity index (χ2n) is 8.55. The third-order valence-electron chi connectivity index (χ3n) is 6.38. The van der Waals surface area contributed by atoms with Gasteiger partial charge in [0.15, 0.2) is 0 Å². The number of anilines is 1. The molecule has 2 fully saturated rings. The molecule has 3 N–H and O–H groups in total. The fourth-order valence-electron chi connectivity index (χ4n) is 4.68. The van der Waals surface area contributed by atoms with Crippen LogP contribution in [0.4, 0.5) is 5.95 Å². The summed E-state index contributed by atoms with van der Waals surface area (Å²) in [4.78, 5) is 47.0. The lowest BCUT2D eigenvalue weighted by Gasteiger charge is -2.29. The molecule has 9 heteroatoms. The van der Waals surface area contributed by atoms with Crippen LogP contribution in [0.25, 0.3) is 0 Å². The highest BCUT2D eigenvalue weighted by molar-refractivity contribution is 6.05. The smallest absolute Gasteiger partial charge is 0.255 e. The first-order valence-corrected chi connectivity index (χ1v) is 11.1. The molecule has 2 saturated heterocycles. The Kier molecular flexibility index (Phi) is 5.57. The second-order valence-corrected chi connectivity index (χ2v) is 8.55. The number of carbonyl (C=O) groups is 3. The molecule has 1 aromatic carbocycles. The number of amides is 3. The van der Waals surface area contributed by atoms with Gasteiger partial charge in [0.05, 0.1) is 5.69 Å². The molecule has 3 aliphatic rings. The largest absolute Gasteiger partial charge is 0.350 e. The van der Waals surface area contributed by atoms with Crippen LogP contribution in [0.2, 0.25) is 0 Å². The third-order valence-corrected chi connectivity index (χ3v) is 6.38. The van der Waals surface area contributed by atoms with Gasteiger partial charge in [0.25, 0.3) is 5.91 Å². The van der Waals surface area contributed by atoms with E-state index >= 15 is 0 Å². The number of nitrogens with zero attached hydrogens (tertiary/aromatic N) is 3. The van der Waals surface area contributed by atoms with Gasteiger partial charge in [0, 0.05) is 37.3 Å². The van der Waals surface area contributed by atoms with Gasteiger partial charge in [-0.25, -0.2) is 9.97 Å². The van der Waals surface area contributed by atoms with E-state index in [-0.39, 0.29) is 24.3 Å². The van der Waals surface area contributed by atoms with Gasteiger partial charge in [0.1, 0.15) is 6.04 Å². The van der Waals surface area contributed by atoms with Crippen molar-refractivity contribution in [2.75, 3.05) is 11.9 Å². The molecule has 0 bridgehead atoms. The lowest BCUT2D eigenvalue weighted by atomic mass is 10.0. The number of hydrogen-bond donors (Lipinski definition) is 3. The number of carbonyl (C=O) groups excluding carboxylic acids is 3. The molecule has 0 spiro atoms. The first-order valence-electron chi connectivity index (χ1n) is 11.1. The zero-order valence-corrected chi connectivity index (χ0v) is 17.8. The molecule has 166 valence electrons. The van der Waals surface area contributed by atoms with Crippen LogP contribution in [0, 0.1) is 0 Å². The van der Waals surface area contributed by atoms with Gasteiger partial charge < -0.3 is 15.5 Å².